The van der Waals surface area contributed by atoms with Gasteiger partial charge in [0.25, 0.3) is 0 Å². The number of halogens is 1. The second-order valence-electron chi connectivity index (χ2n) is 6.23. The first-order valence-corrected chi connectivity index (χ1v) is 8.32. The minimum atomic E-state index is 0. The average Bonchev–Trinajstić information content (AvgIpc) is 2.97. The Morgan fingerprint density at radius 2 is 2.08 bits per heavy atom. The van der Waals surface area contributed by atoms with Gasteiger partial charge in [0.05, 0.1) is 19.4 Å². The molecule has 1 aliphatic heterocycles. The van der Waals surface area contributed by atoms with Gasteiger partial charge >= 0.3 is 0 Å². The van der Waals surface area contributed by atoms with Crippen molar-refractivity contribution in [2.45, 2.75) is 26.4 Å². The van der Waals surface area contributed by atoms with Crippen molar-refractivity contribution >= 4 is 12.4 Å². The fourth-order valence-corrected chi connectivity index (χ4v) is 3.12. The summed E-state index contributed by atoms with van der Waals surface area (Å²) in [5.74, 6) is 0. The molecule has 24 heavy (non-hydrogen) atoms. The van der Waals surface area contributed by atoms with E-state index in [1.165, 1.54) is 16.7 Å². The van der Waals surface area contributed by atoms with Gasteiger partial charge in [0.2, 0.25) is 0 Å². The van der Waals surface area contributed by atoms with E-state index in [1.807, 2.05) is 6.20 Å². The van der Waals surface area contributed by atoms with Crippen LogP contribution < -0.4 is 5.32 Å². The summed E-state index contributed by atoms with van der Waals surface area (Å²) in [5, 5.41) is 10.7. The summed E-state index contributed by atoms with van der Waals surface area (Å²) in [4.78, 5) is 2.52. The van der Waals surface area contributed by atoms with Gasteiger partial charge in [-0.3, -0.25) is 10.00 Å². The molecule has 1 aromatic carbocycles. The number of rotatable bonds is 6. The molecule has 2 heterocycles. The number of nitrogens with zero attached hydrogens (tertiary/aromatic N) is 2. The average molecular weight is 351 g/mol. The highest BCUT2D eigenvalue weighted by molar-refractivity contribution is 5.85. The number of aryl methyl sites for hydroxylation is 2. The standard InChI is InChI=1S/C18H26N4O.ClH/c1-14-4-3-5-16(10-14)18(22-6-8-23-9-7-22)13-19-11-17-12-20-21-15(17)2;/h3-5,10,12,18-19H,6-9,11,13H2,1-2H3,(H,20,21);1H. The Labute approximate surface area is 150 Å². The third-order valence-corrected chi connectivity index (χ3v) is 4.50. The number of aromatic amines is 1. The van der Waals surface area contributed by atoms with Gasteiger partial charge < -0.3 is 10.1 Å². The van der Waals surface area contributed by atoms with Crippen molar-refractivity contribution in [1.29, 1.82) is 0 Å². The normalized spacial score (nSPS) is 16.6. The van der Waals surface area contributed by atoms with Gasteiger partial charge in [-0.1, -0.05) is 29.8 Å². The van der Waals surface area contributed by atoms with Gasteiger partial charge in [-0.2, -0.15) is 5.10 Å². The number of ether oxygens (including phenoxy) is 1. The molecular formula is C18H27ClN4O. The van der Waals surface area contributed by atoms with Gasteiger partial charge in [-0.25, -0.2) is 0 Å². The van der Waals surface area contributed by atoms with Crippen molar-refractivity contribution in [3.63, 3.8) is 0 Å². The maximum Gasteiger partial charge on any atom is 0.0594 e. The van der Waals surface area contributed by atoms with E-state index in [4.69, 9.17) is 4.74 Å². The first-order valence-electron chi connectivity index (χ1n) is 8.32. The summed E-state index contributed by atoms with van der Waals surface area (Å²) in [5.41, 5.74) is 5.06. The van der Waals surface area contributed by atoms with Crippen LogP contribution in [-0.2, 0) is 11.3 Å². The SMILES string of the molecule is Cc1cccc(C(CNCc2cn[nH]c2C)N2CCOCC2)c1.Cl. The van der Waals surface area contributed by atoms with Crippen LogP contribution in [0, 0.1) is 13.8 Å². The van der Waals surface area contributed by atoms with Crippen LogP contribution in [0.5, 0.6) is 0 Å². The maximum absolute atomic E-state index is 5.51. The predicted octanol–water partition coefficient (Wildman–Crippen LogP) is 2.61. The van der Waals surface area contributed by atoms with Gasteiger partial charge in [0.1, 0.15) is 0 Å². The van der Waals surface area contributed by atoms with Crippen molar-refractivity contribution in [1.82, 2.24) is 20.4 Å². The van der Waals surface area contributed by atoms with Gasteiger partial charge in [-0.15, -0.1) is 12.4 Å². The molecule has 1 atom stereocenters. The molecule has 0 saturated carbocycles. The highest BCUT2D eigenvalue weighted by Crippen LogP contribution is 2.22. The number of H-pyrrole nitrogens is 1. The summed E-state index contributed by atoms with van der Waals surface area (Å²) in [6.45, 7) is 9.61. The minimum absolute atomic E-state index is 0. The third-order valence-electron chi connectivity index (χ3n) is 4.50. The van der Waals surface area contributed by atoms with Crippen molar-refractivity contribution in [2.24, 2.45) is 0 Å². The molecule has 132 valence electrons. The fourth-order valence-electron chi connectivity index (χ4n) is 3.12. The number of morpholine rings is 1. The Morgan fingerprint density at radius 3 is 2.75 bits per heavy atom. The quantitative estimate of drug-likeness (QED) is 0.841. The molecule has 2 aromatic rings. The van der Waals surface area contributed by atoms with E-state index >= 15 is 0 Å². The van der Waals surface area contributed by atoms with Crippen LogP contribution in [-0.4, -0.2) is 47.9 Å². The lowest BCUT2D eigenvalue weighted by Crippen LogP contribution is -2.42. The van der Waals surface area contributed by atoms with Crippen LogP contribution >= 0.6 is 12.4 Å². The zero-order valence-corrected chi connectivity index (χ0v) is 15.2. The Balaban J connectivity index is 0.00000208. The summed E-state index contributed by atoms with van der Waals surface area (Å²) in [6, 6.07) is 9.22. The second-order valence-corrected chi connectivity index (χ2v) is 6.23. The molecule has 1 saturated heterocycles. The molecule has 3 rings (SSSR count). The number of benzene rings is 1. The number of hydrogen-bond donors (Lipinski definition) is 2. The fraction of sp³-hybridized carbons (Fsp3) is 0.500. The zero-order valence-electron chi connectivity index (χ0n) is 14.4. The molecule has 0 radical (unpaired) electrons. The van der Waals surface area contributed by atoms with Crippen LogP contribution in [0.1, 0.15) is 28.4 Å². The smallest absolute Gasteiger partial charge is 0.0594 e. The highest BCUT2D eigenvalue weighted by atomic mass is 35.5. The maximum atomic E-state index is 5.51. The van der Waals surface area contributed by atoms with Crippen LogP contribution in [0.15, 0.2) is 30.5 Å². The topological polar surface area (TPSA) is 53.2 Å². The first-order chi connectivity index (χ1) is 11.2. The molecular weight excluding hydrogens is 324 g/mol. The van der Waals surface area contributed by atoms with Crippen molar-refractivity contribution in [2.75, 3.05) is 32.8 Å². The molecule has 5 nitrogen and oxygen atoms in total. The monoisotopic (exact) mass is 350 g/mol. The van der Waals surface area contributed by atoms with Crippen molar-refractivity contribution in [3.8, 4) is 0 Å². The van der Waals surface area contributed by atoms with Crippen LogP contribution in [0.4, 0.5) is 0 Å². The van der Waals surface area contributed by atoms with Crippen LogP contribution in [0.3, 0.4) is 0 Å². The molecule has 1 aromatic heterocycles. The van der Waals surface area contributed by atoms with E-state index in [9.17, 15) is 0 Å². The Morgan fingerprint density at radius 1 is 1.29 bits per heavy atom. The molecule has 0 bridgehead atoms. The van der Waals surface area contributed by atoms with Gasteiger partial charge in [0, 0.05) is 43.5 Å². The molecule has 0 aliphatic carbocycles. The highest BCUT2D eigenvalue weighted by Gasteiger charge is 2.22. The van der Waals surface area contributed by atoms with E-state index in [1.54, 1.807) is 0 Å². The lowest BCUT2D eigenvalue weighted by Gasteiger charge is -2.35. The zero-order chi connectivity index (χ0) is 16.1. The Bertz CT molecular complexity index is 625. The molecule has 1 unspecified atom stereocenters. The second kappa shape index (κ2) is 9.18. The molecule has 0 spiro atoms. The first kappa shape index (κ1) is 18.9. The third kappa shape index (κ3) is 4.80. The predicted molar refractivity (Wildman–Crippen MR) is 98.6 cm³/mol. The van der Waals surface area contributed by atoms with Crippen LogP contribution in [0.25, 0.3) is 0 Å². The van der Waals surface area contributed by atoms with E-state index in [2.05, 4.69) is 58.5 Å². The summed E-state index contributed by atoms with van der Waals surface area (Å²) in [7, 11) is 0. The Kier molecular flexibility index (Phi) is 7.24. The molecule has 2 N–H and O–H groups in total. The lowest BCUT2D eigenvalue weighted by molar-refractivity contribution is 0.0161. The van der Waals surface area contributed by atoms with Crippen molar-refractivity contribution in [3.05, 3.63) is 52.8 Å². The van der Waals surface area contributed by atoms with E-state index in [-0.39, 0.29) is 12.4 Å². The number of nitrogens with one attached hydrogen (secondary N) is 2. The van der Waals surface area contributed by atoms with Crippen LogP contribution in [0.2, 0.25) is 0 Å². The summed E-state index contributed by atoms with van der Waals surface area (Å²) < 4.78 is 5.51. The number of aromatic nitrogens is 2. The molecule has 0 amide bonds. The number of hydrogen-bond acceptors (Lipinski definition) is 4. The minimum Gasteiger partial charge on any atom is -0.379 e. The molecule has 1 fully saturated rings. The molecule has 1 aliphatic rings. The van der Waals surface area contributed by atoms with Crippen molar-refractivity contribution < 1.29 is 4.74 Å². The summed E-state index contributed by atoms with van der Waals surface area (Å²) >= 11 is 0. The largest absolute Gasteiger partial charge is 0.379 e. The van der Waals surface area contributed by atoms with E-state index in [0.29, 0.717) is 6.04 Å². The van der Waals surface area contributed by atoms with Gasteiger partial charge in [0.15, 0.2) is 0 Å². The van der Waals surface area contributed by atoms with E-state index in [0.717, 1.165) is 45.1 Å². The van der Waals surface area contributed by atoms with E-state index < -0.39 is 0 Å². The Hall–Kier alpha value is -1.40. The lowest BCUT2D eigenvalue weighted by atomic mass is 10.0. The van der Waals surface area contributed by atoms with Gasteiger partial charge in [-0.05, 0) is 19.4 Å². The summed E-state index contributed by atoms with van der Waals surface area (Å²) in [6.07, 6.45) is 1.90. The molecule has 6 heteroatoms.